The molecule has 0 fully saturated rings. The van der Waals surface area contributed by atoms with Crippen molar-refractivity contribution in [3.63, 3.8) is 0 Å². The van der Waals surface area contributed by atoms with Gasteiger partial charge in [0.05, 0.1) is 6.61 Å². The zero-order chi connectivity index (χ0) is 9.68. The van der Waals surface area contributed by atoms with E-state index < -0.39 is 0 Å². The molecule has 1 rings (SSSR count). The van der Waals surface area contributed by atoms with E-state index in [0.29, 0.717) is 6.61 Å². The van der Waals surface area contributed by atoms with Crippen LogP contribution < -0.4 is 4.74 Å². The maximum absolute atomic E-state index is 5.36. The van der Waals surface area contributed by atoms with Crippen molar-refractivity contribution in [1.82, 2.24) is 4.98 Å². The Morgan fingerprint density at radius 2 is 2.15 bits per heavy atom. The van der Waals surface area contributed by atoms with Crippen LogP contribution in [0.1, 0.15) is 31.4 Å². The highest BCUT2D eigenvalue weighted by atomic mass is 16.5. The molecule has 72 valence electrons. The Labute approximate surface area is 80.0 Å². The van der Waals surface area contributed by atoms with Gasteiger partial charge in [0, 0.05) is 11.8 Å². The number of hydrogen-bond acceptors (Lipinski definition) is 2. The van der Waals surface area contributed by atoms with Crippen molar-refractivity contribution in [3.05, 3.63) is 23.4 Å². The highest BCUT2D eigenvalue weighted by Gasteiger charge is 2.00. The summed E-state index contributed by atoms with van der Waals surface area (Å²) < 4.78 is 5.36. The second-order valence-electron chi connectivity index (χ2n) is 3.15. The van der Waals surface area contributed by atoms with Crippen molar-refractivity contribution in [2.75, 3.05) is 6.61 Å². The molecule has 0 aliphatic rings. The maximum atomic E-state index is 5.36. The third kappa shape index (κ3) is 2.72. The molecule has 0 unspecified atom stereocenters. The Bertz CT molecular complexity index is 271. The van der Waals surface area contributed by atoms with Gasteiger partial charge in [-0.3, -0.25) is 0 Å². The Morgan fingerprint density at radius 1 is 1.38 bits per heavy atom. The standard InChI is InChI=1S/C11H17NO/c1-4-6-10-7-9(3)11(12-8-10)13-5-2/h7-8H,4-6H2,1-3H3. The first kappa shape index (κ1) is 10.0. The lowest BCUT2D eigenvalue weighted by Crippen LogP contribution is -1.98. The summed E-state index contributed by atoms with van der Waals surface area (Å²) in [6, 6.07) is 2.15. The Morgan fingerprint density at radius 3 is 2.69 bits per heavy atom. The predicted octanol–water partition coefficient (Wildman–Crippen LogP) is 2.74. The zero-order valence-electron chi connectivity index (χ0n) is 8.63. The smallest absolute Gasteiger partial charge is 0.216 e. The molecular weight excluding hydrogens is 162 g/mol. The van der Waals surface area contributed by atoms with Crippen LogP contribution in [0.25, 0.3) is 0 Å². The molecule has 0 spiro atoms. The van der Waals surface area contributed by atoms with Gasteiger partial charge in [0.25, 0.3) is 0 Å². The van der Waals surface area contributed by atoms with Crippen molar-refractivity contribution >= 4 is 0 Å². The fourth-order valence-corrected chi connectivity index (χ4v) is 1.33. The van der Waals surface area contributed by atoms with E-state index in [1.807, 2.05) is 20.0 Å². The third-order valence-electron chi connectivity index (χ3n) is 1.91. The van der Waals surface area contributed by atoms with Crippen LogP contribution >= 0.6 is 0 Å². The fourth-order valence-electron chi connectivity index (χ4n) is 1.33. The van der Waals surface area contributed by atoms with E-state index >= 15 is 0 Å². The van der Waals surface area contributed by atoms with Gasteiger partial charge in [0.2, 0.25) is 5.88 Å². The van der Waals surface area contributed by atoms with Crippen LogP contribution in [0.5, 0.6) is 5.88 Å². The van der Waals surface area contributed by atoms with Crippen molar-refractivity contribution in [2.45, 2.75) is 33.6 Å². The van der Waals surface area contributed by atoms with Crippen molar-refractivity contribution in [3.8, 4) is 5.88 Å². The lowest BCUT2D eigenvalue weighted by molar-refractivity contribution is 0.324. The van der Waals surface area contributed by atoms with E-state index in [1.54, 1.807) is 0 Å². The van der Waals surface area contributed by atoms with Crippen LogP contribution in [0, 0.1) is 6.92 Å². The van der Waals surface area contributed by atoms with Gasteiger partial charge in [-0.1, -0.05) is 13.3 Å². The van der Waals surface area contributed by atoms with Gasteiger partial charge < -0.3 is 4.74 Å². The summed E-state index contributed by atoms with van der Waals surface area (Å²) in [6.07, 6.45) is 4.16. The second kappa shape index (κ2) is 4.85. The van der Waals surface area contributed by atoms with Crippen LogP contribution in [0.3, 0.4) is 0 Å². The van der Waals surface area contributed by atoms with E-state index in [9.17, 15) is 0 Å². The summed E-state index contributed by atoms with van der Waals surface area (Å²) in [5.41, 5.74) is 2.43. The maximum Gasteiger partial charge on any atom is 0.216 e. The number of pyridine rings is 1. The SMILES string of the molecule is CCCc1cnc(OCC)c(C)c1. The summed E-state index contributed by atoms with van der Waals surface area (Å²) in [5, 5.41) is 0. The first-order chi connectivity index (χ1) is 6.27. The molecule has 0 N–H and O–H groups in total. The molecule has 0 aliphatic heterocycles. The number of ether oxygens (including phenoxy) is 1. The van der Waals surface area contributed by atoms with Crippen LogP contribution in [-0.2, 0) is 6.42 Å². The normalized spacial score (nSPS) is 10.1. The summed E-state index contributed by atoms with van der Waals surface area (Å²) in [7, 11) is 0. The summed E-state index contributed by atoms with van der Waals surface area (Å²) in [4.78, 5) is 4.26. The monoisotopic (exact) mass is 179 g/mol. The minimum absolute atomic E-state index is 0.682. The van der Waals surface area contributed by atoms with Gasteiger partial charge in [-0.05, 0) is 31.9 Å². The average Bonchev–Trinajstić information content (AvgIpc) is 2.10. The lowest BCUT2D eigenvalue weighted by atomic mass is 10.1. The molecule has 0 aromatic carbocycles. The van der Waals surface area contributed by atoms with Gasteiger partial charge >= 0.3 is 0 Å². The molecular formula is C11H17NO. The summed E-state index contributed by atoms with van der Waals surface area (Å²) in [5.74, 6) is 0.766. The van der Waals surface area contributed by atoms with Gasteiger partial charge in [-0.25, -0.2) is 4.98 Å². The Hall–Kier alpha value is -1.05. The molecule has 1 heterocycles. The molecule has 2 nitrogen and oxygen atoms in total. The molecule has 0 saturated heterocycles. The molecule has 2 heteroatoms. The lowest BCUT2D eigenvalue weighted by Gasteiger charge is -2.06. The number of aromatic nitrogens is 1. The minimum atomic E-state index is 0.682. The molecule has 1 aromatic rings. The molecule has 13 heavy (non-hydrogen) atoms. The van der Waals surface area contributed by atoms with Crippen LogP contribution in [-0.4, -0.2) is 11.6 Å². The number of hydrogen-bond donors (Lipinski definition) is 0. The summed E-state index contributed by atoms with van der Waals surface area (Å²) >= 11 is 0. The van der Waals surface area contributed by atoms with E-state index in [-0.39, 0.29) is 0 Å². The molecule has 0 amide bonds. The second-order valence-corrected chi connectivity index (χ2v) is 3.15. The first-order valence-corrected chi connectivity index (χ1v) is 4.86. The van der Waals surface area contributed by atoms with Crippen LogP contribution in [0.2, 0.25) is 0 Å². The molecule has 0 aliphatic carbocycles. The molecule has 1 aromatic heterocycles. The first-order valence-electron chi connectivity index (χ1n) is 4.86. The number of aryl methyl sites for hydroxylation is 2. The van der Waals surface area contributed by atoms with Crippen LogP contribution in [0.4, 0.5) is 0 Å². The van der Waals surface area contributed by atoms with Gasteiger partial charge in [0.1, 0.15) is 0 Å². The topological polar surface area (TPSA) is 22.1 Å². The van der Waals surface area contributed by atoms with Crippen molar-refractivity contribution in [1.29, 1.82) is 0 Å². The molecule has 0 bridgehead atoms. The molecule has 0 radical (unpaired) electrons. The third-order valence-corrected chi connectivity index (χ3v) is 1.91. The van der Waals surface area contributed by atoms with Gasteiger partial charge in [-0.15, -0.1) is 0 Å². The fraction of sp³-hybridized carbons (Fsp3) is 0.545. The van der Waals surface area contributed by atoms with Crippen LogP contribution in [0.15, 0.2) is 12.3 Å². The predicted molar refractivity (Wildman–Crippen MR) is 54.1 cm³/mol. The number of nitrogens with zero attached hydrogens (tertiary/aromatic N) is 1. The van der Waals surface area contributed by atoms with Crippen molar-refractivity contribution in [2.24, 2.45) is 0 Å². The van der Waals surface area contributed by atoms with Crippen molar-refractivity contribution < 1.29 is 4.74 Å². The summed E-state index contributed by atoms with van der Waals surface area (Å²) in [6.45, 7) is 6.87. The highest BCUT2D eigenvalue weighted by Crippen LogP contribution is 2.15. The largest absolute Gasteiger partial charge is 0.478 e. The van der Waals surface area contributed by atoms with E-state index in [2.05, 4.69) is 18.0 Å². The van der Waals surface area contributed by atoms with E-state index in [1.165, 1.54) is 5.56 Å². The van der Waals surface area contributed by atoms with E-state index in [4.69, 9.17) is 4.74 Å². The van der Waals surface area contributed by atoms with Gasteiger partial charge in [-0.2, -0.15) is 0 Å². The molecule has 0 atom stereocenters. The zero-order valence-corrected chi connectivity index (χ0v) is 8.63. The minimum Gasteiger partial charge on any atom is -0.478 e. The van der Waals surface area contributed by atoms with Gasteiger partial charge in [0.15, 0.2) is 0 Å². The quantitative estimate of drug-likeness (QED) is 0.709. The Kier molecular flexibility index (Phi) is 3.74. The highest BCUT2D eigenvalue weighted by molar-refractivity contribution is 5.28. The Balaban J connectivity index is 2.79. The average molecular weight is 179 g/mol. The van der Waals surface area contributed by atoms with E-state index in [0.717, 1.165) is 24.3 Å². The molecule has 0 saturated carbocycles. The number of rotatable bonds is 4.